The first-order valence-corrected chi connectivity index (χ1v) is 9.31. The summed E-state index contributed by atoms with van der Waals surface area (Å²) >= 11 is 0. The zero-order valence-corrected chi connectivity index (χ0v) is 14.1. The zero-order chi connectivity index (χ0) is 16.8. The molecule has 1 spiro atoms. The van der Waals surface area contributed by atoms with E-state index in [1.807, 2.05) is 0 Å². The second-order valence-corrected chi connectivity index (χ2v) is 8.40. The molecule has 0 radical (unpaired) electrons. The van der Waals surface area contributed by atoms with Crippen LogP contribution in [-0.4, -0.2) is 55.7 Å². The van der Waals surface area contributed by atoms with Gasteiger partial charge in [-0.2, -0.15) is 0 Å². The van der Waals surface area contributed by atoms with E-state index in [1.165, 1.54) is 12.8 Å². The summed E-state index contributed by atoms with van der Waals surface area (Å²) in [5, 5.41) is 0. The van der Waals surface area contributed by atoms with E-state index in [4.69, 9.17) is 9.47 Å². The van der Waals surface area contributed by atoms with Crippen LogP contribution in [0, 0.1) is 17.3 Å². The average molecular weight is 343 g/mol. The fourth-order valence-corrected chi connectivity index (χ4v) is 4.30. The van der Waals surface area contributed by atoms with Crippen LogP contribution in [0.1, 0.15) is 44.9 Å². The summed E-state index contributed by atoms with van der Waals surface area (Å²) < 4.78 is 37.6. The summed E-state index contributed by atoms with van der Waals surface area (Å²) in [5.41, 5.74) is 0.161. The quantitative estimate of drug-likeness (QED) is 0.770. The zero-order valence-electron chi connectivity index (χ0n) is 14.1. The molecule has 0 aromatic carbocycles. The van der Waals surface area contributed by atoms with Crippen LogP contribution < -0.4 is 0 Å². The van der Waals surface area contributed by atoms with Gasteiger partial charge in [0.2, 0.25) is 11.8 Å². The van der Waals surface area contributed by atoms with Crippen molar-refractivity contribution in [3.05, 3.63) is 0 Å². The van der Waals surface area contributed by atoms with Gasteiger partial charge >= 0.3 is 0 Å². The van der Waals surface area contributed by atoms with Crippen LogP contribution in [0.25, 0.3) is 0 Å². The van der Waals surface area contributed by atoms with E-state index >= 15 is 0 Å². The largest absolute Gasteiger partial charge is 0.378 e. The van der Waals surface area contributed by atoms with Crippen LogP contribution in [-0.2, 0) is 14.3 Å². The fourth-order valence-electron chi connectivity index (χ4n) is 4.30. The van der Waals surface area contributed by atoms with Gasteiger partial charge in [0, 0.05) is 38.5 Å². The second-order valence-electron chi connectivity index (χ2n) is 8.40. The maximum Gasteiger partial charge on any atom is 0.249 e. The summed E-state index contributed by atoms with van der Waals surface area (Å²) in [5.74, 6) is -2.38. The van der Waals surface area contributed by atoms with Crippen molar-refractivity contribution in [1.82, 2.24) is 4.90 Å². The third kappa shape index (κ3) is 3.59. The maximum atomic E-state index is 13.0. The number of amides is 1. The molecule has 2 saturated heterocycles. The van der Waals surface area contributed by atoms with Gasteiger partial charge in [-0.05, 0) is 43.4 Å². The summed E-state index contributed by atoms with van der Waals surface area (Å²) in [4.78, 5) is 14.1. The molecule has 1 amide bonds. The molecular formula is C18H27F2NO3. The number of hydrogen-bond donors (Lipinski definition) is 0. The molecule has 4 nitrogen and oxygen atoms in total. The molecular weight excluding hydrogens is 316 g/mol. The van der Waals surface area contributed by atoms with Gasteiger partial charge in [0.15, 0.2) is 0 Å². The van der Waals surface area contributed by atoms with Gasteiger partial charge in [0.1, 0.15) is 0 Å². The van der Waals surface area contributed by atoms with Crippen LogP contribution in [0.3, 0.4) is 0 Å². The van der Waals surface area contributed by atoms with Gasteiger partial charge in [-0.1, -0.05) is 0 Å². The van der Waals surface area contributed by atoms with Gasteiger partial charge in [0.25, 0.3) is 0 Å². The highest BCUT2D eigenvalue weighted by Crippen LogP contribution is 2.46. The predicted molar refractivity (Wildman–Crippen MR) is 83.8 cm³/mol. The van der Waals surface area contributed by atoms with Crippen molar-refractivity contribution in [3.8, 4) is 0 Å². The van der Waals surface area contributed by atoms with E-state index in [0.717, 1.165) is 38.4 Å². The van der Waals surface area contributed by atoms with Crippen LogP contribution in [0.15, 0.2) is 0 Å². The van der Waals surface area contributed by atoms with Crippen molar-refractivity contribution < 1.29 is 23.0 Å². The normalized spacial score (nSPS) is 32.1. The first kappa shape index (κ1) is 16.7. The number of nitrogens with zero attached hydrogens (tertiary/aromatic N) is 1. The van der Waals surface area contributed by atoms with Gasteiger partial charge in [0.05, 0.1) is 19.3 Å². The first-order chi connectivity index (χ1) is 11.4. The van der Waals surface area contributed by atoms with E-state index in [1.54, 1.807) is 4.90 Å². The average Bonchev–Trinajstić information content (AvgIpc) is 3.27. The Labute approximate surface area is 141 Å². The maximum absolute atomic E-state index is 13.0. The van der Waals surface area contributed by atoms with Crippen LogP contribution in [0.4, 0.5) is 8.78 Å². The van der Waals surface area contributed by atoms with Crippen LogP contribution in [0.2, 0.25) is 0 Å². The smallest absolute Gasteiger partial charge is 0.249 e. The third-order valence-corrected chi connectivity index (χ3v) is 6.22. The van der Waals surface area contributed by atoms with E-state index in [9.17, 15) is 13.6 Å². The lowest BCUT2D eigenvalue weighted by Crippen LogP contribution is -2.50. The molecule has 1 atom stereocenters. The topological polar surface area (TPSA) is 38.8 Å². The molecule has 2 aliphatic heterocycles. The van der Waals surface area contributed by atoms with E-state index < -0.39 is 11.8 Å². The number of likely N-dealkylation sites (tertiary alicyclic amines) is 1. The number of hydrogen-bond acceptors (Lipinski definition) is 3. The molecule has 4 fully saturated rings. The Morgan fingerprint density at radius 2 is 1.83 bits per heavy atom. The molecule has 0 unspecified atom stereocenters. The Kier molecular flexibility index (Phi) is 4.32. The predicted octanol–water partition coefficient (Wildman–Crippen LogP) is 2.86. The summed E-state index contributed by atoms with van der Waals surface area (Å²) in [6.07, 6.45) is 5.08. The number of carbonyl (C=O) groups is 1. The summed E-state index contributed by atoms with van der Waals surface area (Å²) in [7, 11) is 0. The van der Waals surface area contributed by atoms with Crippen LogP contribution in [0.5, 0.6) is 0 Å². The molecule has 0 aromatic heterocycles. The molecule has 4 rings (SSSR count). The molecule has 0 aromatic rings. The molecule has 6 heteroatoms. The number of piperidine rings is 1. The van der Waals surface area contributed by atoms with E-state index in [-0.39, 0.29) is 30.3 Å². The minimum absolute atomic E-state index is 0.0704. The van der Waals surface area contributed by atoms with E-state index in [0.29, 0.717) is 19.7 Å². The molecule has 136 valence electrons. The number of alkyl halides is 2. The highest BCUT2D eigenvalue weighted by atomic mass is 19.3. The van der Waals surface area contributed by atoms with Gasteiger partial charge in [-0.25, -0.2) is 8.78 Å². The van der Waals surface area contributed by atoms with Crippen molar-refractivity contribution in [2.24, 2.45) is 17.3 Å². The molecule has 4 aliphatic rings. The minimum atomic E-state index is -2.62. The molecule has 24 heavy (non-hydrogen) atoms. The highest BCUT2D eigenvalue weighted by Gasteiger charge is 2.51. The lowest BCUT2D eigenvalue weighted by atomic mass is 9.75. The Morgan fingerprint density at radius 1 is 1.12 bits per heavy atom. The SMILES string of the molecule is O=C(C1CC(F)(F)C1)N1CCC2(CC1)CO[C@H](COCC1CC1)C2. The van der Waals surface area contributed by atoms with Crippen molar-refractivity contribution in [2.45, 2.75) is 57.0 Å². The fraction of sp³-hybridized carbons (Fsp3) is 0.944. The molecule has 0 bridgehead atoms. The van der Waals surface area contributed by atoms with Crippen molar-refractivity contribution >= 4 is 5.91 Å². The summed E-state index contributed by atoms with van der Waals surface area (Å²) in [6, 6.07) is 0. The van der Waals surface area contributed by atoms with Crippen LogP contribution >= 0.6 is 0 Å². The lowest BCUT2D eigenvalue weighted by molar-refractivity contribution is -0.161. The van der Waals surface area contributed by atoms with Crippen molar-refractivity contribution in [2.75, 3.05) is 32.9 Å². The number of halogens is 2. The van der Waals surface area contributed by atoms with Crippen molar-refractivity contribution in [1.29, 1.82) is 0 Å². The monoisotopic (exact) mass is 343 g/mol. The van der Waals surface area contributed by atoms with Gasteiger partial charge in [-0.15, -0.1) is 0 Å². The molecule has 0 N–H and O–H groups in total. The number of ether oxygens (including phenoxy) is 2. The van der Waals surface area contributed by atoms with Gasteiger partial charge < -0.3 is 14.4 Å². The Bertz CT molecular complexity index is 479. The van der Waals surface area contributed by atoms with Crippen molar-refractivity contribution in [3.63, 3.8) is 0 Å². The lowest BCUT2D eigenvalue weighted by Gasteiger charge is -2.42. The molecule has 2 saturated carbocycles. The Morgan fingerprint density at radius 3 is 2.46 bits per heavy atom. The standard InChI is InChI=1S/C18H27F2NO3/c19-18(20)7-14(8-18)16(22)21-5-3-17(4-6-21)9-15(24-12-17)11-23-10-13-1-2-13/h13-15H,1-12H2/t15-/m0/s1. The Hall–Kier alpha value is -0.750. The molecule has 2 heterocycles. The first-order valence-electron chi connectivity index (χ1n) is 9.31. The molecule has 2 aliphatic carbocycles. The number of rotatable bonds is 5. The van der Waals surface area contributed by atoms with E-state index in [2.05, 4.69) is 0 Å². The minimum Gasteiger partial charge on any atom is -0.378 e. The summed E-state index contributed by atoms with van der Waals surface area (Å²) in [6.45, 7) is 3.65. The number of carbonyl (C=O) groups excluding carboxylic acids is 1. The third-order valence-electron chi connectivity index (χ3n) is 6.22. The second kappa shape index (κ2) is 6.20. The Balaban J connectivity index is 1.20. The highest BCUT2D eigenvalue weighted by molar-refractivity contribution is 5.80. The van der Waals surface area contributed by atoms with Gasteiger partial charge in [-0.3, -0.25) is 4.79 Å².